The molecule has 0 amide bonds. The number of hydrogen-bond acceptors (Lipinski definition) is 6. The van der Waals surface area contributed by atoms with Crippen LogP contribution in [0.4, 0.5) is 0 Å². The first-order valence-electron chi connectivity index (χ1n) is 7.01. The van der Waals surface area contributed by atoms with Gasteiger partial charge < -0.3 is 9.47 Å². The van der Waals surface area contributed by atoms with Crippen molar-refractivity contribution >= 4 is 17.6 Å². The molecule has 0 fully saturated rings. The van der Waals surface area contributed by atoms with Crippen LogP contribution in [0.15, 0.2) is 41.2 Å². The van der Waals surface area contributed by atoms with Crippen molar-refractivity contribution in [3.05, 3.63) is 58.2 Å². The van der Waals surface area contributed by atoms with Crippen LogP contribution in [0.1, 0.15) is 18.3 Å². The molecular weight excluding hydrogens is 300 g/mol. The predicted molar refractivity (Wildman–Crippen MR) is 81.8 cm³/mol. The SMILES string of the molecule is CCOC(=O)/C=C/C(=O)OCc1cc(=O)n2c(C)cccc2n1. The Kier molecular flexibility index (Phi) is 5.24. The van der Waals surface area contributed by atoms with Gasteiger partial charge in [0.2, 0.25) is 0 Å². The number of aromatic nitrogens is 2. The summed E-state index contributed by atoms with van der Waals surface area (Å²) in [5.74, 6) is -1.34. The molecule has 0 bridgehead atoms. The van der Waals surface area contributed by atoms with E-state index in [4.69, 9.17) is 4.74 Å². The van der Waals surface area contributed by atoms with Gasteiger partial charge in [0.1, 0.15) is 12.3 Å². The molecule has 0 spiro atoms. The van der Waals surface area contributed by atoms with Gasteiger partial charge in [-0.15, -0.1) is 0 Å². The quantitative estimate of drug-likeness (QED) is 0.608. The second-order valence-electron chi connectivity index (χ2n) is 4.64. The van der Waals surface area contributed by atoms with Gasteiger partial charge in [0.15, 0.2) is 0 Å². The van der Waals surface area contributed by atoms with E-state index in [0.29, 0.717) is 11.3 Å². The average molecular weight is 316 g/mol. The van der Waals surface area contributed by atoms with Crippen molar-refractivity contribution in [3.8, 4) is 0 Å². The van der Waals surface area contributed by atoms with Gasteiger partial charge in [0, 0.05) is 23.9 Å². The lowest BCUT2D eigenvalue weighted by molar-refractivity contribution is -0.141. The lowest BCUT2D eigenvalue weighted by atomic mass is 10.3. The van der Waals surface area contributed by atoms with Crippen LogP contribution < -0.4 is 5.56 Å². The Morgan fingerprint density at radius 3 is 2.61 bits per heavy atom. The molecule has 23 heavy (non-hydrogen) atoms. The number of aryl methyl sites for hydroxylation is 1. The van der Waals surface area contributed by atoms with Gasteiger partial charge in [-0.2, -0.15) is 0 Å². The molecule has 2 rings (SSSR count). The van der Waals surface area contributed by atoms with E-state index in [1.165, 1.54) is 10.5 Å². The molecule has 0 saturated carbocycles. The van der Waals surface area contributed by atoms with Gasteiger partial charge in [-0.1, -0.05) is 6.07 Å². The second-order valence-corrected chi connectivity index (χ2v) is 4.64. The number of ether oxygens (including phenoxy) is 2. The fourth-order valence-corrected chi connectivity index (χ4v) is 1.96. The fraction of sp³-hybridized carbons (Fsp3) is 0.250. The molecule has 0 radical (unpaired) electrons. The number of nitrogens with zero attached hydrogens (tertiary/aromatic N) is 2. The Bertz CT molecular complexity index is 823. The topological polar surface area (TPSA) is 87.0 Å². The Balaban J connectivity index is 2.07. The van der Waals surface area contributed by atoms with E-state index < -0.39 is 11.9 Å². The van der Waals surface area contributed by atoms with Gasteiger partial charge in [-0.05, 0) is 26.0 Å². The number of pyridine rings is 1. The first kappa shape index (κ1) is 16.4. The van der Waals surface area contributed by atoms with E-state index in [1.807, 2.05) is 0 Å². The summed E-state index contributed by atoms with van der Waals surface area (Å²) < 4.78 is 11.1. The molecule has 7 heteroatoms. The third kappa shape index (κ3) is 4.26. The maximum absolute atomic E-state index is 12.1. The van der Waals surface area contributed by atoms with E-state index in [0.717, 1.165) is 17.8 Å². The van der Waals surface area contributed by atoms with Gasteiger partial charge in [-0.25, -0.2) is 14.6 Å². The van der Waals surface area contributed by atoms with Crippen molar-refractivity contribution in [3.63, 3.8) is 0 Å². The van der Waals surface area contributed by atoms with E-state index >= 15 is 0 Å². The Hall–Kier alpha value is -2.96. The van der Waals surface area contributed by atoms with E-state index in [1.54, 1.807) is 32.0 Å². The number of fused-ring (bicyclic) bond motifs is 1. The summed E-state index contributed by atoms with van der Waals surface area (Å²) in [4.78, 5) is 38.9. The second kappa shape index (κ2) is 7.35. The minimum atomic E-state index is -0.718. The maximum Gasteiger partial charge on any atom is 0.331 e. The van der Waals surface area contributed by atoms with Crippen LogP contribution in [0.25, 0.3) is 5.65 Å². The Labute approximate surface area is 132 Å². The molecule has 0 saturated heterocycles. The molecule has 0 unspecified atom stereocenters. The van der Waals surface area contributed by atoms with Crippen LogP contribution in [0.2, 0.25) is 0 Å². The zero-order chi connectivity index (χ0) is 16.8. The van der Waals surface area contributed by atoms with Crippen LogP contribution >= 0.6 is 0 Å². The first-order chi connectivity index (χ1) is 11.0. The Morgan fingerprint density at radius 1 is 1.22 bits per heavy atom. The number of esters is 2. The molecule has 2 aromatic heterocycles. The van der Waals surface area contributed by atoms with E-state index in [9.17, 15) is 14.4 Å². The normalized spacial score (nSPS) is 10.9. The van der Waals surface area contributed by atoms with Crippen molar-refractivity contribution in [2.75, 3.05) is 6.61 Å². The highest BCUT2D eigenvalue weighted by atomic mass is 16.5. The van der Waals surface area contributed by atoms with Gasteiger partial charge >= 0.3 is 11.9 Å². The molecule has 2 heterocycles. The van der Waals surface area contributed by atoms with E-state index in [2.05, 4.69) is 9.72 Å². The third-order valence-corrected chi connectivity index (χ3v) is 2.94. The van der Waals surface area contributed by atoms with Gasteiger partial charge in [0.25, 0.3) is 5.56 Å². The number of carbonyl (C=O) groups excluding carboxylic acids is 2. The summed E-state index contributed by atoms with van der Waals surface area (Å²) >= 11 is 0. The molecule has 0 aliphatic heterocycles. The van der Waals surface area contributed by atoms with Crippen LogP contribution in [-0.2, 0) is 25.7 Å². The summed E-state index contributed by atoms with van der Waals surface area (Å²) in [6.07, 6.45) is 1.95. The first-order valence-corrected chi connectivity index (χ1v) is 7.01. The minimum absolute atomic E-state index is 0.161. The van der Waals surface area contributed by atoms with Crippen LogP contribution in [-0.4, -0.2) is 27.9 Å². The molecule has 0 atom stereocenters. The number of carbonyl (C=O) groups is 2. The molecular formula is C16H16N2O5. The van der Waals surface area contributed by atoms with Gasteiger partial charge in [-0.3, -0.25) is 9.20 Å². The monoisotopic (exact) mass is 316 g/mol. The zero-order valence-electron chi connectivity index (χ0n) is 12.8. The third-order valence-electron chi connectivity index (χ3n) is 2.94. The minimum Gasteiger partial charge on any atom is -0.463 e. The molecule has 0 aliphatic rings. The van der Waals surface area contributed by atoms with Crippen molar-refractivity contribution in [1.29, 1.82) is 0 Å². The summed E-state index contributed by atoms with van der Waals surface area (Å²) in [6.45, 7) is 3.53. The molecule has 2 aromatic rings. The number of hydrogen-bond donors (Lipinski definition) is 0. The van der Waals surface area contributed by atoms with Crippen LogP contribution in [0.3, 0.4) is 0 Å². The number of rotatable bonds is 5. The fourth-order valence-electron chi connectivity index (χ4n) is 1.96. The largest absolute Gasteiger partial charge is 0.463 e. The highest BCUT2D eigenvalue weighted by Crippen LogP contribution is 2.04. The predicted octanol–water partition coefficient (Wildman–Crippen LogP) is 1.17. The van der Waals surface area contributed by atoms with Crippen LogP contribution in [0.5, 0.6) is 0 Å². The lowest BCUT2D eigenvalue weighted by Gasteiger charge is -2.06. The summed E-state index contributed by atoms with van der Waals surface area (Å²) in [6, 6.07) is 6.59. The standard InChI is InChI=1S/C16H16N2O5/c1-3-22-15(20)7-8-16(21)23-10-12-9-14(19)18-11(2)5-4-6-13(18)17-12/h4-9H,3,10H2,1-2H3/b8-7+. The summed E-state index contributed by atoms with van der Waals surface area (Å²) in [5, 5.41) is 0. The van der Waals surface area contributed by atoms with Crippen LogP contribution in [0, 0.1) is 6.92 Å². The molecule has 120 valence electrons. The Morgan fingerprint density at radius 2 is 1.91 bits per heavy atom. The molecule has 7 nitrogen and oxygen atoms in total. The molecule has 0 N–H and O–H groups in total. The van der Waals surface area contributed by atoms with Crippen molar-refractivity contribution < 1.29 is 19.1 Å². The molecule has 0 aliphatic carbocycles. The van der Waals surface area contributed by atoms with Crippen molar-refractivity contribution in [2.24, 2.45) is 0 Å². The van der Waals surface area contributed by atoms with Gasteiger partial charge in [0.05, 0.1) is 12.3 Å². The highest BCUT2D eigenvalue weighted by Gasteiger charge is 2.06. The summed E-state index contributed by atoms with van der Waals surface area (Å²) in [5.41, 5.74) is 1.33. The highest BCUT2D eigenvalue weighted by molar-refractivity contribution is 5.91. The smallest absolute Gasteiger partial charge is 0.331 e. The van der Waals surface area contributed by atoms with Crippen molar-refractivity contribution in [2.45, 2.75) is 20.5 Å². The summed E-state index contributed by atoms with van der Waals surface area (Å²) in [7, 11) is 0. The lowest BCUT2D eigenvalue weighted by Crippen LogP contribution is -2.18. The average Bonchev–Trinajstić information content (AvgIpc) is 2.51. The molecule has 0 aromatic carbocycles. The van der Waals surface area contributed by atoms with Crippen molar-refractivity contribution in [1.82, 2.24) is 9.38 Å². The maximum atomic E-state index is 12.1. The van der Waals surface area contributed by atoms with E-state index in [-0.39, 0.29) is 18.8 Å². The zero-order valence-corrected chi connectivity index (χ0v) is 12.8.